The number of carbonyl (C=O) groups excluding carboxylic acids is 1. The molecule has 1 saturated heterocycles. The number of hydrogen-bond acceptors (Lipinski definition) is 6. The Morgan fingerprint density at radius 1 is 1.00 bits per heavy atom. The van der Waals surface area contributed by atoms with Crippen LogP contribution in [0.1, 0.15) is 62.3 Å². The van der Waals surface area contributed by atoms with Crippen LogP contribution in [-0.4, -0.2) is 59.9 Å². The average Bonchev–Trinajstić information content (AvgIpc) is 3.85. The third kappa shape index (κ3) is 5.35. The van der Waals surface area contributed by atoms with Crippen LogP contribution in [0.5, 0.6) is 0 Å². The van der Waals surface area contributed by atoms with Crippen molar-refractivity contribution in [2.75, 3.05) is 13.2 Å². The summed E-state index contributed by atoms with van der Waals surface area (Å²) in [6.07, 6.45) is 11.4. The second-order valence-corrected chi connectivity index (χ2v) is 12.3. The van der Waals surface area contributed by atoms with E-state index in [4.69, 9.17) is 9.84 Å². The maximum absolute atomic E-state index is 14.7. The van der Waals surface area contributed by atoms with Crippen molar-refractivity contribution in [1.29, 1.82) is 0 Å². The summed E-state index contributed by atoms with van der Waals surface area (Å²) in [6, 6.07) is 15.8. The molecule has 2 amide bonds. The van der Waals surface area contributed by atoms with Gasteiger partial charge in [-0.3, -0.25) is 0 Å². The van der Waals surface area contributed by atoms with Crippen LogP contribution in [-0.2, 0) is 17.7 Å². The average molecular weight is 607 g/mol. The van der Waals surface area contributed by atoms with E-state index in [9.17, 15) is 9.18 Å². The Kier molecular flexibility index (Phi) is 7.25. The topological polar surface area (TPSA) is 103 Å². The largest absolute Gasteiger partial charge is 0.356 e. The fourth-order valence-corrected chi connectivity index (χ4v) is 6.93. The lowest BCUT2D eigenvalue weighted by Gasteiger charge is -2.30. The summed E-state index contributed by atoms with van der Waals surface area (Å²) in [5.41, 5.74) is 6.52. The third-order valence-corrected chi connectivity index (χ3v) is 9.38. The zero-order chi connectivity index (χ0) is 30.3. The van der Waals surface area contributed by atoms with Crippen molar-refractivity contribution < 1.29 is 13.9 Å². The Balaban J connectivity index is 1.12. The number of halogens is 1. The number of ether oxygens (including phenoxy) is 1. The molecule has 8 rings (SSSR count). The summed E-state index contributed by atoms with van der Waals surface area (Å²) in [7, 11) is 0. The van der Waals surface area contributed by atoms with Crippen molar-refractivity contribution in [3.63, 3.8) is 0 Å². The normalized spacial score (nSPS) is 18.8. The van der Waals surface area contributed by atoms with Gasteiger partial charge in [0.1, 0.15) is 11.4 Å². The van der Waals surface area contributed by atoms with E-state index in [0.29, 0.717) is 48.3 Å². The van der Waals surface area contributed by atoms with Gasteiger partial charge in [0.05, 0.1) is 17.4 Å². The molecule has 1 saturated carbocycles. The number of aromatic nitrogens is 6. The van der Waals surface area contributed by atoms with Gasteiger partial charge < -0.3 is 15.0 Å². The second-order valence-electron chi connectivity index (χ2n) is 12.3. The fourth-order valence-electron chi connectivity index (χ4n) is 6.93. The molecule has 230 valence electrons. The summed E-state index contributed by atoms with van der Waals surface area (Å²) >= 11 is 0. The standard InChI is InChI=1S/C34H35FN8O2/c35-33-27(8-5-15-36-33)23-11-13-30-28(19-23)32(39-43(30)31-9-3-4-17-45-31)29-21-42(40-38-29)26-12-10-22-14-16-41(20-24(22)18-26)34(44)37-25-6-1-2-7-25/h5,8,10-13,15,18-19,21,25,31H,1-4,6-7,9,14,16-17,20H2,(H,37,44). The first-order valence-electron chi connectivity index (χ1n) is 16.0. The number of amides is 2. The molecule has 2 aliphatic heterocycles. The van der Waals surface area contributed by atoms with Gasteiger partial charge in [0.25, 0.3) is 0 Å². The molecular formula is C34H35FN8O2. The van der Waals surface area contributed by atoms with E-state index in [-0.39, 0.29) is 12.3 Å². The molecule has 11 heteroatoms. The van der Waals surface area contributed by atoms with Gasteiger partial charge in [-0.25, -0.2) is 19.1 Å². The van der Waals surface area contributed by atoms with Crippen molar-refractivity contribution in [3.8, 4) is 28.2 Å². The quantitative estimate of drug-likeness (QED) is 0.239. The van der Waals surface area contributed by atoms with E-state index in [0.717, 1.165) is 60.7 Å². The van der Waals surface area contributed by atoms with Gasteiger partial charge >= 0.3 is 6.03 Å². The second kappa shape index (κ2) is 11.7. The van der Waals surface area contributed by atoms with Gasteiger partial charge in [0.15, 0.2) is 6.23 Å². The molecule has 0 radical (unpaired) electrons. The number of hydrogen-bond donors (Lipinski definition) is 1. The number of benzene rings is 2. The third-order valence-electron chi connectivity index (χ3n) is 9.38. The van der Waals surface area contributed by atoms with E-state index >= 15 is 0 Å². The number of rotatable bonds is 5. The van der Waals surface area contributed by atoms with Crippen LogP contribution < -0.4 is 5.32 Å². The number of pyridine rings is 1. The van der Waals surface area contributed by atoms with Crippen LogP contribution in [0.2, 0.25) is 0 Å². The lowest BCUT2D eigenvalue weighted by Crippen LogP contribution is -2.45. The zero-order valence-corrected chi connectivity index (χ0v) is 25.0. The van der Waals surface area contributed by atoms with Gasteiger partial charge in [-0.2, -0.15) is 9.49 Å². The maximum Gasteiger partial charge on any atom is 0.317 e. The highest BCUT2D eigenvalue weighted by molar-refractivity contribution is 5.95. The monoisotopic (exact) mass is 606 g/mol. The highest BCUT2D eigenvalue weighted by Gasteiger charge is 2.26. The van der Waals surface area contributed by atoms with Crippen LogP contribution in [0.3, 0.4) is 0 Å². The molecule has 0 bridgehead atoms. The lowest BCUT2D eigenvalue weighted by molar-refractivity contribution is -0.0365. The van der Waals surface area contributed by atoms with E-state index in [1.165, 1.54) is 24.6 Å². The van der Waals surface area contributed by atoms with Crippen LogP contribution in [0.4, 0.5) is 9.18 Å². The molecule has 3 aromatic heterocycles. The highest BCUT2D eigenvalue weighted by Crippen LogP contribution is 2.35. The van der Waals surface area contributed by atoms with E-state index in [1.807, 2.05) is 40.0 Å². The van der Waals surface area contributed by atoms with Crippen LogP contribution in [0.15, 0.2) is 60.9 Å². The SMILES string of the molecule is O=C(NC1CCCC1)N1CCc2ccc(-n3cc(-c4nn(C5CCCCO5)c5ccc(-c6cccnc6F)cc45)nn3)cc2C1. The molecule has 1 unspecified atom stereocenters. The number of urea groups is 1. The minimum absolute atomic E-state index is 0.0240. The smallest absolute Gasteiger partial charge is 0.317 e. The Labute approximate surface area is 260 Å². The van der Waals surface area contributed by atoms with E-state index < -0.39 is 5.95 Å². The van der Waals surface area contributed by atoms with Crippen molar-refractivity contribution in [2.45, 2.75) is 70.2 Å². The van der Waals surface area contributed by atoms with Gasteiger partial charge in [0, 0.05) is 42.9 Å². The van der Waals surface area contributed by atoms with Gasteiger partial charge in [0.2, 0.25) is 5.95 Å². The number of nitrogens with one attached hydrogen (secondary N) is 1. The fraction of sp³-hybridized carbons (Fsp3) is 0.382. The Bertz CT molecular complexity index is 1870. The summed E-state index contributed by atoms with van der Waals surface area (Å²) in [6.45, 7) is 1.96. The number of nitrogens with zero attached hydrogens (tertiary/aromatic N) is 7. The highest BCUT2D eigenvalue weighted by atomic mass is 19.1. The molecule has 1 N–H and O–H groups in total. The molecule has 5 aromatic rings. The predicted octanol–water partition coefficient (Wildman–Crippen LogP) is 6.19. The molecule has 2 aromatic carbocycles. The Morgan fingerprint density at radius 2 is 1.89 bits per heavy atom. The molecule has 5 heterocycles. The van der Waals surface area contributed by atoms with Crippen molar-refractivity contribution in [3.05, 3.63) is 78.0 Å². The maximum atomic E-state index is 14.7. The lowest BCUT2D eigenvalue weighted by atomic mass is 9.99. The van der Waals surface area contributed by atoms with Crippen molar-refractivity contribution in [1.82, 2.24) is 40.0 Å². The van der Waals surface area contributed by atoms with Gasteiger partial charge in [-0.05, 0) is 91.6 Å². The Hall–Kier alpha value is -4.64. The number of carbonyl (C=O) groups is 1. The minimum atomic E-state index is -0.519. The first-order chi connectivity index (χ1) is 22.1. The minimum Gasteiger partial charge on any atom is -0.356 e. The first-order valence-corrected chi connectivity index (χ1v) is 16.0. The zero-order valence-electron chi connectivity index (χ0n) is 25.0. The summed E-state index contributed by atoms with van der Waals surface area (Å²) in [4.78, 5) is 18.7. The molecular weight excluding hydrogens is 571 g/mol. The van der Waals surface area contributed by atoms with Crippen LogP contribution >= 0.6 is 0 Å². The van der Waals surface area contributed by atoms with Crippen molar-refractivity contribution in [2.24, 2.45) is 0 Å². The molecule has 2 fully saturated rings. The molecule has 3 aliphatic rings. The van der Waals surface area contributed by atoms with Gasteiger partial charge in [-0.1, -0.05) is 30.2 Å². The van der Waals surface area contributed by atoms with Gasteiger partial charge in [-0.15, -0.1) is 5.10 Å². The molecule has 0 spiro atoms. The van der Waals surface area contributed by atoms with Crippen molar-refractivity contribution >= 4 is 16.9 Å². The molecule has 10 nitrogen and oxygen atoms in total. The summed E-state index contributed by atoms with van der Waals surface area (Å²) < 4.78 is 24.4. The number of fused-ring (bicyclic) bond motifs is 2. The van der Waals surface area contributed by atoms with Crippen LogP contribution in [0, 0.1) is 5.95 Å². The van der Waals surface area contributed by atoms with E-state index in [2.05, 4.69) is 32.7 Å². The molecule has 1 aliphatic carbocycles. The predicted molar refractivity (Wildman–Crippen MR) is 167 cm³/mol. The van der Waals surface area contributed by atoms with E-state index in [1.54, 1.807) is 16.8 Å². The summed E-state index contributed by atoms with van der Waals surface area (Å²) in [5, 5.41) is 18.1. The first kappa shape index (κ1) is 27.9. The molecule has 1 atom stereocenters. The summed E-state index contributed by atoms with van der Waals surface area (Å²) in [5.74, 6) is -0.519. The van der Waals surface area contributed by atoms with Crippen LogP contribution in [0.25, 0.3) is 39.1 Å². The Morgan fingerprint density at radius 3 is 2.73 bits per heavy atom. The molecule has 45 heavy (non-hydrogen) atoms.